The monoisotopic (exact) mass is 295 g/mol. The van der Waals surface area contributed by atoms with Gasteiger partial charge in [0.1, 0.15) is 0 Å². The summed E-state index contributed by atoms with van der Waals surface area (Å²) < 4.78 is 0. The third-order valence-corrected chi connectivity index (χ3v) is 4.42. The van der Waals surface area contributed by atoms with E-state index >= 15 is 0 Å². The second-order valence-electron chi connectivity index (χ2n) is 5.44. The lowest BCUT2D eigenvalue weighted by Crippen LogP contribution is -2.42. The van der Waals surface area contributed by atoms with Gasteiger partial charge in [-0.15, -0.1) is 0 Å². The lowest BCUT2D eigenvalue weighted by molar-refractivity contribution is -0.380. The van der Waals surface area contributed by atoms with E-state index in [0.29, 0.717) is 6.04 Å². The maximum absolute atomic E-state index is 10.6. The first kappa shape index (κ1) is 15.2. The molecule has 0 unspecified atom stereocenters. The number of nitro groups is 1. The molecule has 1 aromatic rings. The zero-order valence-corrected chi connectivity index (χ0v) is 12.6. The minimum absolute atomic E-state index is 0.220. The Morgan fingerprint density at radius 1 is 1.60 bits per heavy atom. The van der Waals surface area contributed by atoms with E-state index in [-0.39, 0.29) is 9.92 Å². The summed E-state index contributed by atoms with van der Waals surface area (Å²) in [5.41, 5.74) is 2.22. The van der Waals surface area contributed by atoms with Gasteiger partial charge in [0.15, 0.2) is 0 Å². The summed E-state index contributed by atoms with van der Waals surface area (Å²) in [5, 5.41) is 16.2. The molecule has 1 N–H and O–H groups in total. The number of rotatable bonds is 6. The number of thiophene rings is 1. The van der Waals surface area contributed by atoms with Crippen LogP contribution >= 0.6 is 11.3 Å². The molecule has 0 radical (unpaired) electrons. The fourth-order valence-electron chi connectivity index (χ4n) is 2.49. The van der Waals surface area contributed by atoms with E-state index in [1.165, 1.54) is 16.9 Å². The Balaban J connectivity index is 1.73. The maximum Gasteiger partial charge on any atom is 0.324 e. The van der Waals surface area contributed by atoms with E-state index in [1.54, 1.807) is 6.07 Å². The van der Waals surface area contributed by atoms with Gasteiger partial charge in [-0.2, -0.15) is 0 Å². The number of hydrogen-bond donors (Lipinski definition) is 1. The van der Waals surface area contributed by atoms with Crippen LogP contribution in [-0.4, -0.2) is 35.5 Å². The van der Waals surface area contributed by atoms with Crippen molar-refractivity contribution < 1.29 is 4.92 Å². The number of piperidine rings is 1. The molecule has 0 spiro atoms. The van der Waals surface area contributed by atoms with Crippen LogP contribution in [0.1, 0.15) is 25.3 Å². The van der Waals surface area contributed by atoms with Crippen LogP contribution in [0.5, 0.6) is 0 Å². The van der Waals surface area contributed by atoms with Crippen LogP contribution < -0.4 is 5.32 Å². The van der Waals surface area contributed by atoms with Gasteiger partial charge in [0, 0.05) is 30.6 Å². The Hall–Kier alpha value is -1.24. The highest BCUT2D eigenvalue weighted by atomic mass is 32.1. The average molecular weight is 295 g/mol. The smallest absolute Gasteiger partial charge is 0.310 e. The Morgan fingerprint density at radius 2 is 2.30 bits per heavy atom. The molecule has 1 aliphatic rings. The highest BCUT2D eigenvalue weighted by molar-refractivity contribution is 7.13. The van der Waals surface area contributed by atoms with Gasteiger partial charge in [-0.3, -0.25) is 15.0 Å². The first-order chi connectivity index (χ1) is 9.54. The normalized spacial score (nSPS) is 17.2. The molecule has 2 rings (SSSR count). The van der Waals surface area contributed by atoms with Crippen molar-refractivity contribution in [3.63, 3.8) is 0 Å². The van der Waals surface area contributed by atoms with Gasteiger partial charge in [0.25, 0.3) is 0 Å². The van der Waals surface area contributed by atoms with Crippen molar-refractivity contribution in [1.82, 2.24) is 10.2 Å². The number of nitrogens with one attached hydrogen (secondary N) is 1. The van der Waals surface area contributed by atoms with Gasteiger partial charge in [-0.05, 0) is 38.4 Å². The molecule has 20 heavy (non-hydrogen) atoms. The zero-order valence-electron chi connectivity index (χ0n) is 11.8. The molecule has 110 valence electrons. The van der Waals surface area contributed by atoms with Crippen molar-refractivity contribution in [2.45, 2.75) is 32.4 Å². The van der Waals surface area contributed by atoms with E-state index in [1.807, 2.05) is 5.38 Å². The predicted octanol–water partition coefficient (Wildman–Crippen LogP) is 2.79. The summed E-state index contributed by atoms with van der Waals surface area (Å²) in [4.78, 5) is 12.7. The molecule has 2 heterocycles. The Bertz CT molecular complexity index is 479. The zero-order chi connectivity index (χ0) is 14.5. The quantitative estimate of drug-likeness (QED) is 0.498. The summed E-state index contributed by atoms with van der Waals surface area (Å²) in [5.74, 6) is 0. The van der Waals surface area contributed by atoms with Crippen molar-refractivity contribution in [2.75, 3.05) is 19.6 Å². The first-order valence-corrected chi connectivity index (χ1v) is 7.74. The van der Waals surface area contributed by atoms with Crippen molar-refractivity contribution in [3.05, 3.63) is 39.3 Å². The minimum atomic E-state index is -0.329. The van der Waals surface area contributed by atoms with Crippen LogP contribution in [-0.2, 0) is 6.54 Å². The van der Waals surface area contributed by atoms with Gasteiger partial charge in [0.2, 0.25) is 0 Å². The lowest BCUT2D eigenvalue weighted by Gasteiger charge is -2.32. The molecule has 1 saturated heterocycles. The fourth-order valence-corrected chi connectivity index (χ4v) is 3.22. The third kappa shape index (κ3) is 4.40. The van der Waals surface area contributed by atoms with Crippen molar-refractivity contribution in [1.29, 1.82) is 0 Å². The highest BCUT2D eigenvalue weighted by Crippen LogP contribution is 2.22. The predicted molar refractivity (Wildman–Crippen MR) is 82.1 cm³/mol. The second kappa shape index (κ2) is 6.97. The largest absolute Gasteiger partial charge is 0.324 e. The second-order valence-corrected chi connectivity index (χ2v) is 6.33. The molecule has 0 aliphatic carbocycles. The van der Waals surface area contributed by atoms with Gasteiger partial charge in [-0.25, -0.2) is 0 Å². The Labute approximate surface area is 123 Å². The van der Waals surface area contributed by atoms with Gasteiger partial charge >= 0.3 is 5.00 Å². The summed E-state index contributed by atoms with van der Waals surface area (Å²) in [6.45, 7) is 9.90. The van der Waals surface area contributed by atoms with Crippen LogP contribution in [0.2, 0.25) is 0 Å². The van der Waals surface area contributed by atoms with Crippen LogP contribution in [0.15, 0.2) is 23.6 Å². The molecule has 1 fully saturated rings. The molecule has 5 nitrogen and oxygen atoms in total. The van der Waals surface area contributed by atoms with Crippen molar-refractivity contribution >= 4 is 16.3 Å². The first-order valence-electron chi connectivity index (χ1n) is 6.86. The molecular formula is C14H21N3O2S. The SMILES string of the molecule is C=C(C)CN1CCC(NCc2csc([N+](=O)[O-])c2)CC1. The van der Waals surface area contributed by atoms with Crippen LogP contribution in [0, 0.1) is 10.1 Å². The highest BCUT2D eigenvalue weighted by Gasteiger charge is 2.19. The Morgan fingerprint density at radius 3 is 2.85 bits per heavy atom. The van der Waals surface area contributed by atoms with E-state index in [0.717, 1.165) is 44.6 Å². The van der Waals surface area contributed by atoms with Gasteiger partial charge in [-0.1, -0.05) is 23.5 Å². The fraction of sp³-hybridized carbons (Fsp3) is 0.571. The number of nitrogens with zero attached hydrogens (tertiary/aromatic N) is 2. The van der Waals surface area contributed by atoms with E-state index in [2.05, 4.69) is 23.7 Å². The van der Waals surface area contributed by atoms with Crippen LogP contribution in [0.25, 0.3) is 0 Å². The van der Waals surface area contributed by atoms with E-state index < -0.39 is 0 Å². The summed E-state index contributed by atoms with van der Waals surface area (Å²) in [7, 11) is 0. The standard InChI is InChI=1S/C14H21N3O2S/c1-11(2)9-16-5-3-13(4-6-16)15-8-12-7-14(17(18)19)20-10-12/h7,10,13,15H,1,3-6,8-9H2,2H3. The van der Waals surface area contributed by atoms with E-state index in [4.69, 9.17) is 0 Å². The molecule has 0 aromatic carbocycles. The molecule has 0 atom stereocenters. The van der Waals surface area contributed by atoms with Crippen molar-refractivity contribution in [3.8, 4) is 0 Å². The molecule has 1 aromatic heterocycles. The molecule has 1 aliphatic heterocycles. The van der Waals surface area contributed by atoms with Crippen LogP contribution in [0.3, 0.4) is 0 Å². The summed E-state index contributed by atoms with van der Waals surface area (Å²) in [6, 6.07) is 2.17. The Kier molecular flexibility index (Phi) is 5.28. The summed E-state index contributed by atoms with van der Waals surface area (Å²) >= 11 is 1.19. The average Bonchev–Trinajstić information content (AvgIpc) is 2.86. The summed E-state index contributed by atoms with van der Waals surface area (Å²) in [6.07, 6.45) is 2.25. The van der Waals surface area contributed by atoms with Crippen LogP contribution in [0.4, 0.5) is 5.00 Å². The lowest BCUT2D eigenvalue weighted by atomic mass is 10.0. The number of hydrogen-bond acceptors (Lipinski definition) is 5. The van der Waals surface area contributed by atoms with Crippen molar-refractivity contribution in [2.24, 2.45) is 0 Å². The minimum Gasteiger partial charge on any atom is -0.310 e. The molecule has 6 heteroatoms. The number of likely N-dealkylation sites (tertiary alicyclic amines) is 1. The van der Waals surface area contributed by atoms with Gasteiger partial charge in [0.05, 0.1) is 4.92 Å². The van der Waals surface area contributed by atoms with Gasteiger partial charge < -0.3 is 5.32 Å². The molecular weight excluding hydrogens is 274 g/mol. The third-order valence-electron chi connectivity index (χ3n) is 3.50. The molecule has 0 amide bonds. The molecule has 0 bridgehead atoms. The maximum atomic E-state index is 10.6. The molecule has 0 saturated carbocycles. The van der Waals surface area contributed by atoms with E-state index in [9.17, 15) is 10.1 Å². The topological polar surface area (TPSA) is 58.4 Å².